The Morgan fingerprint density at radius 1 is 1.36 bits per heavy atom. The number of piperidine rings is 1. The van der Waals surface area contributed by atoms with Crippen LogP contribution in [-0.2, 0) is 4.79 Å². The maximum absolute atomic E-state index is 12.4. The lowest BCUT2D eigenvalue weighted by atomic mass is 10.0. The highest BCUT2D eigenvalue weighted by atomic mass is 35.5. The van der Waals surface area contributed by atoms with E-state index in [4.69, 9.17) is 0 Å². The monoisotopic (exact) mass is 334 g/mol. The standard InChI is InChI=1S/C15H20F2N2O2.ClH/c1-10(19-14(20)12-7-4-5-9-18-12)11-6-2-3-8-13(11)21-15(16)17;/h2-3,6,8,10,12,15,18H,4-5,7,9H2,1H3,(H,19,20);1H/t10?,12-;/m1./s1. The van der Waals surface area contributed by atoms with Crippen LogP contribution in [0.1, 0.15) is 37.8 Å². The van der Waals surface area contributed by atoms with Gasteiger partial charge in [0.15, 0.2) is 0 Å². The van der Waals surface area contributed by atoms with Crippen LogP contribution in [0.2, 0.25) is 0 Å². The van der Waals surface area contributed by atoms with Crippen molar-refractivity contribution in [3.63, 3.8) is 0 Å². The minimum atomic E-state index is -2.88. The lowest BCUT2D eigenvalue weighted by Crippen LogP contribution is -2.47. The minimum absolute atomic E-state index is 0. The number of carbonyl (C=O) groups excluding carboxylic acids is 1. The summed E-state index contributed by atoms with van der Waals surface area (Å²) >= 11 is 0. The Bertz CT molecular complexity index is 482. The molecule has 0 aromatic heterocycles. The number of hydrogen-bond acceptors (Lipinski definition) is 3. The van der Waals surface area contributed by atoms with Crippen LogP contribution < -0.4 is 15.4 Å². The Balaban J connectivity index is 0.00000242. The van der Waals surface area contributed by atoms with Gasteiger partial charge in [-0.05, 0) is 32.4 Å². The van der Waals surface area contributed by atoms with Crippen LogP contribution in [0.15, 0.2) is 24.3 Å². The molecule has 22 heavy (non-hydrogen) atoms. The van der Waals surface area contributed by atoms with Crippen molar-refractivity contribution in [2.24, 2.45) is 0 Å². The molecule has 4 nitrogen and oxygen atoms in total. The van der Waals surface area contributed by atoms with Gasteiger partial charge in [0.05, 0.1) is 12.1 Å². The van der Waals surface area contributed by atoms with Crippen LogP contribution in [0.25, 0.3) is 0 Å². The fourth-order valence-electron chi connectivity index (χ4n) is 2.51. The van der Waals surface area contributed by atoms with Gasteiger partial charge in [-0.1, -0.05) is 24.6 Å². The molecule has 1 amide bonds. The Morgan fingerprint density at radius 2 is 2.09 bits per heavy atom. The van der Waals surface area contributed by atoms with Crippen molar-refractivity contribution in [2.45, 2.75) is 44.9 Å². The normalized spacial score (nSPS) is 19.2. The Hall–Kier alpha value is -1.40. The fraction of sp³-hybridized carbons (Fsp3) is 0.533. The largest absolute Gasteiger partial charge is 0.434 e. The van der Waals surface area contributed by atoms with Crippen molar-refractivity contribution in [2.75, 3.05) is 6.54 Å². The van der Waals surface area contributed by atoms with Gasteiger partial charge in [-0.15, -0.1) is 12.4 Å². The molecule has 0 radical (unpaired) electrons. The Morgan fingerprint density at radius 3 is 2.73 bits per heavy atom. The molecule has 2 atom stereocenters. The van der Waals surface area contributed by atoms with Crippen molar-refractivity contribution in [1.82, 2.24) is 10.6 Å². The van der Waals surface area contributed by atoms with Gasteiger partial charge >= 0.3 is 6.61 Å². The van der Waals surface area contributed by atoms with Crippen molar-refractivity contribution in [3.05, 3.63) is 29.8 Å². The lowest BCUT2D eigenvalue weighted by Gasteiger charge is -2.25. The average Bonchev–Trinajstić information content (AvgIpc) is 2.48. The van der Waals surface area contributed by atoms with Crippen LogP contribution >= 0.6 is 12.4 Å². The summed E-state index contributed by atoms with van der Waals surface area (Å²) in [6, 6.07) is 5.91. The average molecular weight is 335 g/mol. The minimum Gasteiger partial charge on any atom is -0.434 e. The van der Waals surface area contributed by atoms with Crippen LogP contribution in [0.4, 0.5) is 8.78 Å². The van der Waals surface area contributed by atoms with E-state index >= 15 is 0 Å². The summed E-state index contributed by atoms with van der Waals surface area (Å²) in [6.45, 7) is -0.291. The van der Waals surface area contributed by atoms with Gasteiger partial charge < -0.3 is 15.4 Å². The SMILES string of the molecule is CC(NC(=O)[C@H]1CCCCN1)c1ccccc1OC(F)F.Cl. The number of nitrogens with one attached hydrogen (secondary N) is 2. The number of benzene rings is 1. The number of rotatable bonds is 5. The molecule has 1 fully saturated rings. The van der Waals surface area contributed by atoms with E-state index in [2.05, 4.69) is 15.4 Å². The topological polar surface area (TPSA) is 50.4 Å². The molecule has 1 aromatic rings. The third-order valence-electron chi connectivity index (χ3n) is 3.59. The predicted octanol–water partition coefficient (Wildman–Crippen LogP) is 3.03. The second kappa shape index (κ2) is 8.90. The first-order chi connectivity index (χ1) is 10.1. The van der Waals surface area contributed by atoms with Gasteiger partial charge in [0.2, 0.25) is 5.91 Å². The summed E-state index contributed by atoms with van der Waals surface area (Å²) in [5, 5.41) is 6.01. The van der Waals surface area contributed by atoms with E-state index in [0.29, 0.717) is 5.56 Å². The Kier molecular flexibility index (Phi) is 7.55. The zero-order valence-electron chi connectivity index (χ0n) is 12.4. The second-order valence-electron chi connectivity index (χ2n) is 5.15. The summed E-state index contributed by atoms with van der Waals surface area (Å²) in [6.07, 6.45) is 2.89. The number of halogens is 3. The summed E-state index contributed by atoms with van der Waals surface area (Å²) in [5.41, 5.74) is 0.543. The van der Waals surface area contributed by atoms with Gasteiger partial charge in [-0.25, -0.2) is 0 Å². The summed E-state index contributed by atoms with van der Waals surface area (Å²) < 4.78 is 29.3. The highest BCUT2D eigenvalue weighted by Crippen LogP contribution is 2.26. The number of carbonyl (C=O) groups is 1. The highest BCUT2D eigenvalue weighted by Gasteiger charge is 2.23. The molecular weight excluding hydrogens is 314 g/mol. The maximum atomic E-state index is 12.4. The molecule has 2 rings (SSSR count). The molecule has 0 spiro atoms. The summed E-state index contributed by atoms with van der Waals surface area (Å²) in [7, 11) is 0. The molecule has 1 heterocycles. The van der Waals surface area contributed by atoms with Gasteiger partial charge in [0, 0.05) is 5.56 Å². The van der Waals surface area contributed by atoms with Gasteiger partial charge in [0.25, 0.3) is 0 Å². The fourth-order valence-corrected chi connectivity index (χ4v) is 2.51. The van der Waals surface area contributed by atoms with E-state index in [9.17, 15) is 13.6 Å². The van der Waals surface area contributed by atoms with Gasteiger partial charge in [-0.2, -0.15) is 8.78 Å². The number of amides is 1. The predicted molar refractivity (Wildman–Crippen MR) is 82.5 cm³/mol. The van der Waals surface area contributed by atoms with Crippen molar-refractivity contribution >= 4 is 18.3 Å². The maximum Gasteiger partial charge on any atom is 0.387 e. The molecule has 1 aliphatic rings. The molecule has 124 valence electrons. The van der Waals surface area contributed by atoms with E-state index in [1.807, 2.05) is 0 Å². The molecule has 1 unspecified atom stereocenters. The molecule has 1 aromatic carbocycles. The first-order valence-corrected chi connectivity index (χ1v) is 7.15. The molecular formula is C15H21ClF2N2O2. The van der Waals surface area contributed by atoms with E-state index < -0.39 is 12.7 Å². The van der Waals surface area contributed by atoms with Crippen LogP contribution in [0.5, 0.6) is 5.75 Å². The molecule has 0 bridgehead atoms. The number of para-hydroxylation sites is 1. The van der Waals surface area contributed by atoms with Crippen molar-refractivity contribution in [1.29, 1.82) is 0 Å². The molecule has 2 N–H and O–H groups in total. The van der Waals surface area contributed by atoms with E-state index in [1.165, 1.54) is 6.07 Å². The number of hydrogen-bond donors (Lipinski definition) is 2. The van der Waals surface area contributed by atoms with Gasteiger partial charge in [0.1, 0.15) is 5.75 Å². The second-order valence-corrected chi connectivity index (χ2v) is 5.15. The molecule has 1 aliphatic heterocycles. The van der Waals surface area contributed by atoms with Gasteiger partial charge in [-0.3, -0.25) is 4.79 Å². The van der Waals surface area contributed by atoms with E-state index in [1.54, 1.807) is 25.1 Å². The first-order valence-electron chi connectivity index (χ1n) is 7.15. The molecule has 0 aliphatic carbocycles. The lowest BCUT2D eigenvalue weighted by molar-refractivity contribution is -0.124. The van der Waals surface area contributed by atoms with Crippen LogP contribution in [0, 0.1) is 0 Å². The highest BCUT2D eigenvalue weighted by molar-refractivity contribution is 5.85. The third kappa shape index (κ3) is 5.10. The van der Waals surface area contributed by atoms with E-state index in [0.717, 1.165) is 25.8 Å². The van der Waals surface area contributed by atoms with Crippen molar-refractivity contribution in [3.8, 4) is 5.75 Å². The molecule has 0 saturated carbocycles. The first kappa shape index (κ1) is 18.6. The molecule has 7 heteroatoms. The Labute approximate surface area is 135 Å². The van der Waals surface area contributed by atoms with Crippen molar-refractivity contribution < 1.29 is 18.3 Å². The van der Waals surface area contributed by atoms with Crippen LogP contribution in [-0.4, -0.2) is 25.1 Å². The zero-order chi connectivity index (χ0) is 15.2. The molecule has 1 saturated heterocycles. The van der Waals surface area contributed by atoms with Crippen LogP contribution in [0.3, 0.4) is 0 Å². The van der Waals surface area contributed by atoms with E-state index in [-0.39, 0.29) is 30.1 Å². The number of alkyl halides is 2. The number of ether oxygens (including phenoxy) is 1. The summed E-state index contributed by atoms with van der Waals surface area (Å²) in [4.78, 5) is 12.2. The zero-order valence-corrected chi connectivity index (χ0v) is 13.2. The summed E-state index contributed by atoms with van der Waals surface area (Å²) in [5.74, 6) is -0.00838. The quantitative estimate of drug-likeness (QED) is 0.870. The smallest absolute Gasteiger partial charge is 0.387 e. The third-order valence-corrected chi connectivity index (χ3v) is 3.59.